The number of hydrogen-bond donors (Lipinski definition) is 1. The van der Waals surface area contributed by atoms with Crippen molar-refractivity contribution in [1.82, 2.24) is 10.2 Å². The lowest BCUT2D eigenvalue weighted by molar-refractivity contribution is -0.143. The van der Waals surface area contributed by atoms with E-state index in [1.807, 2.05) is 63.2 Å². The molecule has 0 aromatic heterocycles. The van der Waals surface area contributed by atoms with Crippen molar-refractivity contribution >= 4 is 23.4 Å². The van der Waals surface area contributed by atoms with Gasteiger partial charge in [-0.05, 0) is 48.4 Å². The van der Waals surface area contributed by atoms with E-state index in [-0.39, 0.29) is 36.4 Å². The summed E-state index contributed by atoms with van der Waals surface area (Å²) in [5.74, 6) is 0.250. The Bertz CT molecular complexity index is 939. The number of nitrogens with zero attached hydrogens (tertiary/aromatic N) is 1. The Labute approximate surface area is 203 Å². The van der Waals surface area contributed by atoms with Crippen LogP contribution in [-0.4, -0.2) is 35.4 Å². The van der Waals surface area contributed by atoms with Crippen LogP contribution in [0.1, 0.15) is 65.5 Å². The second-order valence-electron chi connectivity index (χ2n) is 9.39. The van der Waals surface area contributed by atoms with E-state index in [9.17, 15) is 9.59 Å². The molecule has 0 spiro atoms. The van der Waals surface area contributed by atoms with Crippen LogP contribution in [0, 0.1) is 0 Å². The van der Waals surface area contributed by atoms with Crippen LogP contribution >= 0.6 is 11.6 Å². The zero-order chi connectivity index (χ0) is 24.6. The molecule has 0 bridgehead atoms. The van der Waals surface area contributed by atoms with Crippen LogP contribution in [0.5, 0.6) is 5.75 Å². The van der Waals surface area contributed by atoms with Gasteiger partial charge < -0.3 is 15.0 Å². The summed E-state index contributed by atoms with van der Waals surface area (Å²) in [7, 11) is 0. The lowest BCUT2D eigenvalue weighted by Crippen LogP contribution is -2.51. The first kappa shape index (κ1) is 26.7. The fourth-order valence-corrected chi connectivity index (χ4v) is 3.80. The van der Waals surface area contributed by atoms with Gasteiger partial charge in [-0.3, -0.25) is 9.59 Å². The molecule has 180 valence electrons. The molecule has 0 unspecified atom stereocenters. The van der Waals surface area contributed by atoms with E-state index in [2.05, 4.69) is 26.1 Å². The SMILES string of the molecule is CC[C@@H](C)NC(=O)[C@H](CC)N(Cc1ccccc1Cl)C(=O)COc1ccccc1C(C)(C)C. The highest BCUT2D eigenvalue weighted by Gasteiger charge is 2.30. The molecule has 33 heavy (non-hydrogen) atoms. The van der Waals surface area contributed by atoms with E-state index in [0.717, 1.165) is 17.5 Å². The number of para-hydroxylation sites is 1. The topological polar surface area (TPSA) is 58.6 Å². The van der Waals surface area contributed by atoms with Crippen LogP contribution in [-0.2, 0) is 21.5 Å². The van der Waals surface area contributed by atoms with E-state index in [1.165, 1.54) is 0 Å². The standard InChI is InChI=1S/C27H37ClN2O3/c1-7-19(3)29-26(32)23(8-2)30(17-20-13-9-11-15-22(20)28)25(31)18-33-24-16-12-10-14-21(24)27(4,5)6/h9-16,19,23H,7-8,17-18H2,1-6H3,(H,29,32)/t19-,23+/m1/s1. The van der Waals surface area contributed by atoms with Gasteiger partial charge in [0.05, 0.1) is 0 Å². The van der Waals surface area contributed by atoms with E-state index in [4.69, 9.17) is 16.3 Å². The van der Waals surface area contributed by atoms with Gasteiger partial charge in [-0.25, -0.2) is 0 Å². The minimum absolute atomic E-state index is 0.0266. The summed E-state index contributed by atoms with van der Waals surface area (Å²) in [5.41, 5.74) is 1.69. The molecule has 1 N–H and O–H groups in total. The van der Waals surface area contributed by atoms with Crippen molar-refractivity contribution in [3.8, 4) is 5.75 Å². The first-order chi connectivity index (χ1) is 15.6. The lowest BCUT2D eigenvalue weighted by atomic mass is 9.86. The molecule has 2 aromatic rings. The maximum absolute atomic E-state index is 13.4. The Morgan fingerprint density at radius 2 is 1.67 bits per heavy atom. The molecule has 0 saturated carbocycles. The van der Waals surface area contributed by atoms with Crippen molar-refractivity contribution in [1.29, 1.82) is 0 Å². The Morgan fingerprint density at radius 1 is 1.03 bits per heavy atom. The van der Waals surface area contributed by atoms with Crippen LogP contribution in [0.2, 0.25) is 5.02 Å². The molecular formula is C27H37ClN2O3. The van der Waals surface area contributed by atoms with Gasteiger partial charge in [-0.2, -0.15) is 0 Å². The van der Waals surface area contributed by atoms with Crippen molar-refractivity contribution < 1.29 is 14.3 Å². The maximum atomic E-state index is 13.4. The summed E-state index contributed by atoms with van der Waals surface area (Å²) in [6.07, 6.45) is 1.30. The van der Waals surface area contributed by atoms with Gasteiger partial charge in [-0.15, -0.1) is 0 Å². The fraction of sp³-hybridized carbons (Fsp3) is 0.481. The highest BCUT2D eigenvalue weighted by molar-refractivity contribution is 6.31. The van der Waals surface area contributed by atoms with Gasteiger partial charge in [-0.1, -0.05) is 82.6 Å². The number of halogens is 1. The van der Waals surface area contributed by atoms with Gasteiger partial charge in [0.15, 0.2) is 6.61 Å². The minimum atomic E-state index is -0.621. The first-order valence-corrected chi connectivity index (χ1v) is 12.0. The molecule has 0 aliphatic heterocycles. The van der Waals surface area contributed by atoms with E-state index in [1.54, 1.807) is 11.0 Å². The van der Waals surface area contributed by atoms with Crippen LogP contribution in [0.25, 0.3) is 0 Å². The molecular weight excluding hydrogens is 436 g/mol. The Kier molecular flexibility index (Phi) is 9.78. The van der Waals surface area contributed by atoms with Gasteiger partial charge in [0.1, 0.15) is 11.8 Å². The molecule has 0 saturated heterocycles. The summed E-state index contributed by atoms with van der Waals surface area (Å²) in [6.45, 7) is 12.3. The molecule has 2 atom stereocenters. The quantitative estimate of drug-likeness (QED) is 0.479. The number of rotatable bonds is 10. The van der Waals surface area contributed by atoms with Gasteiger partial charge >= 0.3 is 0 Å². The largest absolute Gasteiger partial charge is 0.483 e. The monoisotopic (exact) mass is 472 g/mol. The highest BCUT2D eigenvalue weighted by atomic mass is 35.5. The second-order valence-corrected chi connectivity index (χ2v) is 9.80. The van der Waals surface area contributed by atoms with Crippen LogP contribution in [0.15, 0.2) is 48.5 Å². The third-order valence-electron chi connectivity index (χ3n) is 5.73. The molecule has 2 aromatic carbocycles. The molecule has 0 aliphatic rings. The zero-order valence-corrected chi connectivity index (χ0v) is 21.4. The normalized spacial score (nSPS) is 13.2. The molecule has 2 amide bonds. The molecule has 0 aliphatic carbocycles. The summed E-state index contributed by atoms with van der Waals surface area (Å²) < 4.78 is 6.00. The van der Waals surface area contributed by atoms with E-state index < -0.39 is 6.04 Å². The highest BCUT2D eigenvalue weighted by Crippen LogP contribution is 2.31. The summed E-state index contributed by atoms with van der Waals surface area (Å²) in [4.78, 5) is 28.1. The van der Waals surface area contributed by atoms with Crippen molar-refractivity contribution in [2.24, 2.45) is 0 Å². The average Bonchev–Trinajstić information content (AvgIpc) is 2.78. The average molecular weight is 473 g/mol. The second kappa shape index (κ2) is 12.1. The smallest absolute Gasteiger partial charge is 0.261 e. The van der Waals surface area contributed by atoms with Gasteiger partial charge in [0.2, 0.25) is 5.91 Å². The predicted molar refractivity (Wildman–Crippen MR) is 135 cm³/mol. The summed E-state index contributed by atoms with van der Waals surface area (Å²) in [6, 6.07) is 14.5. The van der Waals surface area contributed by atoms with Crippen molar-refractivity contribution in [2.45, 2.75) is 78.4 Å². The third-order valence-corrected chi connectivity index (χ3v) is 6.10. The number of carbonyl (C=O) groups is 2. The van der Waals surface area contributed by atoms with E-state index >= 15 is 0 Å². The fourth-order valence-electron chi connectivity index (χ4n) is 3.61. The molecule has 5 nitrogen and oxygen atoms in total. The zero-order valence-electron chi connectivity index (χ0n) is 20.7. The van der Waals surface area contributed by atoms with Crippen LogP contribution < -0.4 is 10.1 Å². The van der Waals surface area contributed by atoms with Crippen LogP contribution in [0.3, 0.4) is 0 Å². The molecule has 6 heteroatoms. The number of carbonyl (C=O) groups excluding carboxylic acids is 2. The molecule has 0 fully saturated rings. The minimum Gasteiger partial charge on any atom is -0.483 e. The Hall–Kier alpha value is -2.53. The predicted octanol–water partition coefficient (Wildman–Crippen LogP) is 5.74. The van der Waals surface area contributed by atoms with Crippen molar-refractivity contribution in [2.75, 3.05) is 6.61 Å². The summed E-state index contributed by atoms with van der Waals surface area (Å²) in [5, 5.41) is 3.57. The Balaban J connectivity index is 2.30. The molecule has 0 heterocycles. The third kappa shape index (κ3) is 7.50. The number of hydrogen-bond acceptors (Lipinski definition) is 3. The van der Waals surface area contributed by atoms with Crippen molar-refractivity contribution in [3.05, 3.63) is 64.7 Å². The number of amides is 2. The van der Waals surface area contributed by atoms with Crippen LogP contribution in [0.4, 0.5) is 0 Å². The molecule has 0 radical (unpaired) electrons. The maximum Gasteiger partial charge on any atom is 0.261 e. The number of benzene rings is 2. The first-order valence-electron chi connectivity index (χ1n) is 11.6. The van der Waals surface area contributed by atoms with Gasteiger partial charge in [0, 0.05) is 17.6 Å². The molecule has 2 rings (SSSR count). The Morgan fingerprint density at radius 3 is 2.27 bits per heavy atom. The summed E-state index contributed by atoms with van der Waals surface area (Å²) >= 11 is 6.38. The van der Waals surface area contributed by atoms with Gasteiger partial charge in [0.25, 0.3) is 5.91 Å². The number of ether oxygens (including phenoxy) is 1. The number of nitrogens with one attached hydrogen (secondary N) is 1. The van der Waals surface area contributed by atoms with E-state index in [0.29, 0.717) is 17.2 Å². The lowest BCUT2D eigenvalue weighted by Gasteiger charge is -2.32. The van der Waals surface area contributed by atoms with Crippen molar-refractivity contribution in [3.63, 3.8) is 0 Å².